The molecule has 0 saturated heterocycles. The van der Waals surface area contributed by atoms with Crippen molar-refractivity contribution >= 4 is 23.4 Å². The number of aryl methyl sites for hydroxylation is 2. The maximum Gasteiger partial charge on any atom is 0.259 e. The Morgan fingerprint density at radius 1 is 1.26 bits per heavy atom. The molecule has 3 aromatic rings. The highest BCUT2D eigenvalue weighted by molar-refractivity contribution is 7.99. The van der Waals surface area contributed by atoms with Crippen molar-refractivity contribution in [3.8, 4) is 0 Å². The number of hydrogen-bond acceptors (Lipinski definition) is 4. The molecule has 27 heavy (non-hydrogen) atoms. The molecule has 7 heteroatoms. The van der Waals surface area contributed by atoms with Gasteiger partial charge in [-0.05, 0) is 45.4 Å². The fourth-order valence-electron chi connectivity index (χ4n) is 2.73. The van der Waals surface area contributed by atoms with Gasteiger partial charge in [-0.3, -0.25) is 9.48 Å². The number of amides is 1. The molecule has 2 aromatic heterocycles. The number of rotatable bonds is 6. The summed E-state index contributed by atoms with van der Waals surface area (Å²) in [7, 11) is 1.98. The minimum absolute atomic E-state index is 0.138. The van der Waals surface area contributed by atoms with Gasteiger partial charge in [-0.15, -0.1) is 0 Å². The summed E-state index contributed by atoms with van der Waals surface area (Å²) in [6.45, 7) is 8.07. The number of anilines is 1. The SMILES string of the molecule is Cc1nn(C(C)C)cc1C(=O)Nc1cccc(C(C)Sc2nccn2C)c1. The number of nitrogens with zero attached hydrogens (tertiary/aromatic N) is 4. The lowest BCUT2D eigenvalue weighted by Gasteiger charge is -2.13. The summed E-state index contributed by atoms with van der Waals surface area (Å²) >= 11 is 1.69. The minimum Gasteiger partial charge on any atom is -0.329 e. The normalized spacial score (nSPS) is 12.4. The van der Waals surface area contributed by atoms with Gasteiger partial charge in [0.1, 0.15) is 0 Å². The molecule has 0 saturated carbocycles. The van der Waals surface area contributed by atoms with Gasteiger partial charge in [-0.1, -0.05) is 23.9 Å². The molecule has 1 amide bonds. The van der Waals surface area contributed by atoms with Crippen molar-refractivity contribution < 1.29 is 4.79 Å². The van der Waals surface area contributed by atoms with Crippen LogP contribution in [0.1, 0.15) is 53.7 Å². The van der Waals surface area contributed by atoms with E-state index >= 15 is 0 Å². The second-order valence-electron chi connectivity index (χ2n) is 6.86. The van der Waals surface area contributed by atoms with E-state index in [1.807, 2.05) is 61.5 Å². The Morgan fingerprint density at radius 2 is 2.04 bits per heavy atom. The van der Waals surface area contributed by atoms with Crippen molar-refractivity contribution in [2.24, 2.45) is 7.05 Å². The van der Waals surface area contributed by atoms with E-state index < -0.39 is 0 Å². The summed E-state index contributed by atoms with van der Waals surface area (Å²) < 4.78 is 3.81. The molecule has 0 radical (unpaired) electrons. The van der Waals surface area contributed by atoms with E-state index in [1.165, 1.54) is 0 Å². The number of carbonyl (C=O) groups excluding carboxylic acids is 1. The third kappa shape index (κ3) is 4.42. The molecule has 3 rings (SSSR count). The van der Waals surface area contributed by atoms with Gasteiger partial charge in [0.05, 0.1) is 11.3 Å². The van der Waals surface area contributed by atoms with E-state index in [9.17, 15) is 4.79 Å². The molecule has 0 aliphatic carbocycles. The molecule has 0 spiro atoms. The zero-order valence-corrected chi connectivity index (χ0v) is 17.1. The fraction of sp³-hybridized carbons (Fsp3) is 0.350. The van der Waals surface area contributed by atoms with Gasteiger partial charge in [-0.2, -0.15) is 5.10 Å². The standard InChI is InChI=1S/C20H25N5OS/c1-13(2)25-12-18(14(3)23-25)19(26)22-17-8-6-7-16(11-17)15(4)27-20-21-9-10-24(20)5/h6-13,15H,1-5H3,(H,22,26). The van der Waals surface area contributed by atoms with E-state index in [0.717, 1.165) is 22.1 Å². The highest BCUT2D eigenvalue weighted by Crippen LogP contribution is 2.34. The van der Waals surface area contributed by atoms with Crippen molar-refractivity contribution in [1.29, 1.82) is 0 Å². The number of thioether (sulfide) groups is 1. The summed E-state index contributed by atoms with van der Waals surface area (Å²) in [5, 5.41) is 8.59. The van der Waals surface area contributed by atoms with Crippen LogP contribution in [0.25, 0.3) is 0 Å². The molecule has 142 valence electrons. The Bertz CT molecular complexity index is 944. The van der Waals surface area contributed by atoms with Crippen molar-refractivity contribution in [2.45, 2.75) is 44.1 Å². The van der Waals surface area contributed by atoms with Gasteiger partial charge in [-0.25, -0.2) is 4.98 Å². The van der Waals surface area contributed by atoms with Crippen LogP contribution in [0.5, 0.6) is 0 Å². The van der Waals surface area contributed by atoms with E-state index in [4.69, 9.17) is 0 Å². The number of hydrogen-bond donors (Lipinski definition) is 1. The number of imidazole rings is 1. The Kier molecular flexibility index (Phi) is 5.70. The fourth-order valence-corrected chi connectivity index (χ4v) is 3.68. The lowest BCUT2D eigenvalue weighted by Crippen LogP contribution is -2.12. The number of nitrogens with one attached hydrogen (secondary N) is 1. The van der Waals surface area contributed by atoms with Crippen LogP contribution < -0.4 is 5.32 Å². The first-order chi connectivity index (χ1) is 12.8. The van der Waals surface area contributed by atoms with E-state index in [2.05, 4.69) is 28.4 Å². The Balaban J connectivity index is 1.73. The predicted molar refractivity (Wildman–Crippen MR) is 109 cm³/mol. The summed E-state index contributed by atoms with van der Waals surface area (Å²) in [6, 6.07) is 8.17. The average molecular weight is 384 g/mol. The molecule has 0 bridgehead atoms. The Labute approximate surface area is 164 Å². The number of aromatic nitrogens is 4. The maximum absolute atomic E-state index is 12.7. The van der Waals surface area contributed by atoms with Crippen LogP contribution in [0.2, 0.25) is 0 Å². The van der Waals surface area contributed by atoms with E-state index in [-0.39, 0.29) is 17.2 Å². The van der Waals surface area contributed by atoms with Crippen molar-refractivity contribution in [3.63, 3.8) is 0 Å². The van der Waals surface area contributed by atoms with Crippen LogP contribution in [0.4, 0.5) is 5.69 Å². The first-order valence-electron chi connectivity index (χ1n) is 8.96. The second-order valence-corrected chi connectivity index (χ2v) is 8.17. The molecule has 2 heterocycles. The maximum atomic E-state index is 12.7. The van der Waals surface area contributed by atoms with Crippen LogP contribution in [-0.4, -0.2) is 25.2 Å². The monoisotopic (exact) mass is 383 g/mol. The van der Waals surface area contributed by atoms with E-state index in [0.29, 0.717) is 5.56 Å². The predicted octanol–water partition coefficient (Wildman–Crippen LogP) is 4.61. The van der Waals surface area contributed by atoms with Gasteiger partial charge in [0.2, 0.25) is 0 Å². The number of benzene rings is 1. The topological polar surface area (TPSA) is 64.7 Å². The number of carbonyl (C=O) groups is 1. The van der Waals surface area contributed by atoms with Crippen molar-refractivity contribution in [3.05, 3.63) is 59.7 Å². The van der Waals surface area contributed by atoms with Crippen LogP contribution in [-0.2, 0) is 7.05 Å². The molecule has 1 N–H and O–H groups in total. The molecule has 1 atom stereocenters. The lowest BCUT2D eigenvalue weighted by molar-refractivity contribution is 0.102. The Hall–Kier alpha value is -2.54. The largest absolute Gasteiger partial charge is 0.329 e. The molecular weight excluding hydrogens is 358 g/mol. The van der Waals surface area contributed by atoms with Crippen molar-refractivity contribution in [2.75, 3.05) is 5.32 Å². The highest BCUT2D eigenvalue weighted by Gasteiger charge is 2.16. The minimum atomic E-state index is -0.138. The second kappa shape index (κ2) is 8.00. The summed E-state index contributed by atoms with van der Waals surface area (Å²) in [4.78, 5) is 17.0. The molecule has 0 fully saturated rings. The average Bonchev–Trinajstić information content (AvgIpc) is 3.21. The van der Waals surface area contributed by atoms with Crippen LogP contribution >= 0.6 is 11.8 Å². The zero-order chi connectivity index (χ0) is 19.6. The smallest absolute Gasteiger partial charge is 0.259 e. The van der Waals surface area contributed by atoms with Gasteiger partial charge >= 0.3 is 0 Å². The summed E-state index contributed by atoms with van der Waals surface area (Å²) in [6.07, 6.45) is 5.54. The van der Waals surface area contributed by atoms with Gasteiger partial charge in [0, 0.05) is 42.6 Å². The molecule has 6 nitrogen and oxygen atoms in total. The van der Waals surface area contributed by atoms with Gasteiger partial charge < -0.3 is 9.88 Å². The molecule has 1 unspecified atom stereocenters. The van der Waals surface area contributed by atoms with Gasteiger partial charge in [0.25, 0.3) is 5.91 Å². The van der Waals surface area contributed by atoms with Crippen LogP contribution in [0.15, 0.2) is 48.0 Å². The Morgan fingerprint density at radius 3 is 2.67 bits per heavy atom. The molecule has 0 aliphatic heterocycles. The summed E-state index contributed by atoms with van der Waals surface area (Å²) in [5.41, 5.74) is 3.25. The first-order valence-corrected chi connectivity index (χ1v) is 9.84. The zero-order valence-electron chi connectivity index (χ0n) is 16.3. The highest BCUT2D eigenvalue weighted by atomic mass is 32.2. The lowest BCUT2D eigenvalue weighted by atomic mass is 10.1. The third-order valence-corrected chi connectivity index (χ3v) is 5.59. The van der Waals surface area contributed by atoms with Crippen molar-refractivity contribution in [1.82, 2.24) is 19.3 Å². The van der Waals surface area contributed by atoms with Crippen LogP contribution in [0.3, 0.4) is 0 Å². The van der Waals surface area contributed by atoms with E-state index in [1.54, 1.807) is 24.2 Å². The first kappa shape index (κ1) is 19.2. The molecule has 0 aliphatic rings. The third-order valence-electron chi connectivity index (χ3n) is 4.36. The molecular formula is C20H25N5OS. The molecule has 1 aromatic carbocycles. The summed E-state index contributed by atoms with van der Waals surface area (Å²) in [5.74, 6) is -0.138. The van der Waals surface area contributed by atoms with Gasteiger partial charge in [0.15, 0.2) is 5.16 Å². The quantitative estimate of drug-likeness (QED) is 0.631. The van der Waals surface area contributed by atoms with Crippen LogP contribution in [0, 0.1) is 6.92 Å².